The van der Waals surface area contributed by atoms with Gasteiger partial charge in [0, 0.05) is 35.9 Å². The largest absolute Gasteiger partial charge is 0.342 e. The van der Waals surface area contributed by atoms with Crippen LogP contribution in [0.5, 0.6) is 0 Å². The van der Waals surface area contributed by atoms with Crippen LogP contribution in [0, 0.1) is 11.8 Å². The number of piperidine rings is 1. The molecule has 1 aromatic carbocycles. The molecule has 2 fully saturated rings. The molecule has 2 amide bonds. The van der Waals surface area contributed by atoms with Gasteiger partial charge >= 0.3 is 0 Å². The van der Waals surface area contributed by atoms with Crippen LogP contribution < -0.4 is 5.32 Å². The molecule has 6 heteroatoms. The first-order valence-electron chi connectivity index (χ1n) is 10.8. The van der Waals surface area contributed by atoms with Gasteiger partial charge in [-0.15, -0.1) is 11.3 Å². The lowest BCUT2D eigenvalue weighted by atomic mass is 9.95. The van der Waals surface area contributed by atoms with E-state index in [-0.39, 0.29) is 23.7 Å². The topological polar surface area (TPSA) is 62.3 Å². The van der Waals surface area contributed by atoms with Gasteiger partial charge in [-0.3, -0.25) is 9.59 Å². The minimum Gasteiger partial charge on any atom is -0.342 e. The maximum atomic E-state index is 12.6. The molecule has 4 rings (SSSR count). The van der Waals surface area contributed by atoms with E-state index in [9.17, 15) is 9.59 Å². The Morgan fingerprint density at radius 1 is 1.10 bits per heavy atom. The molecule has 1 aromatic heterocycles. The first-order chi connectivity index (χ1) is 14.1. The summed E-state index contributed by atoms with van der Waals surface area (Å²) in [6, 6.07) is 8.55. The predicted octanol–water partition coefficient (Wildman–Crippen LogP) is 4.74. The van der Waals surface area contributed by atoms with Gasteiger partial charge in [0.1, 0.15) is 0 Å². The molecule has 1 saturated carbocycles. The number of hydrogen-bond acceptors (Lipinski definition) is 4. The standard InChI is InChI=1S/C23H29N3O2S/c1-2-3-4-16-5-7-17(8-6-16)20-15-29-23(24-20)25-21(27)18-11-13-26(14-12-18)22(28)19-9-10-19/h5-8,15,18-19H,2-4,9-14H2,1H3,(H,24,25,27). The van der Waals surface area contributed by atoms with E-state index in [1.807, 2.05) is 10.3 Å². The van der Waals surface area contributed by atoms with E-state index in [4.69, 9.17) is 0 Å². The lowest BCUT2D eigenvalue weighted by Crippen LogP contribution is -2.42. The summed E-state index contributed by atoms with van der Waals surface area (Å²) in [4.78, 5) is 31.3. The number of nitrogens with one attached hydrogen (secondary N) is 1. The first-order valence-corrected chi connectivity index (χ1v) is 11.7. The molecule has 1 saturated heterocycles. The Bertz CT molecular complexity index is 849. The SMILES string of the molecule is CCCCc1ccc(-c2csc(NC(=O)C3CCN(C(=O)C4CC4)CC3)n2)cc1. The van der Waals surface area contributed by atoms with E-state index in [2.05, 4.69) is 41.5 Å². The lowest BCUT2D eigenvalue weighted by Gasteiger charge is -2.31. The lowest BCUT2D eigenvalue weighted by molar-refractivity contribution is -0.135. The molecule has 154 valence electrons. The van der Waals surface area contributed by atoms with Gasteiger partial charge in [0.2, 0.25) is 11.8 Å². The minimum atomic E-state index is -0.0385. The summed E-state index contributed by atoms with van der Waals surface area (Å²) in [6.07, 6.45) is 7.07. The fourth-order valence-electron chi connectivity index (χ4n) is 3.84. The second-order valence-corrected chi connectivity index (χ2v) is 9.06. The summed E-state index contributed by atoms with van der Waals surface area (Å²) in [6.45, 7) is 3.60. The van der Waals surface area contributed by atoms with Crippen molar-refractivity contribution in [3.05, 3.63) is 35.2 Å². The molecule has 2 heterocycles. The molecule has 2 aliphatic rings. The van der Waals surface area contributed by atoms with Crippen LogP contribution in [0.2, 0.25) is 0 Å². The summed E-state index contributed by atoms with van der Waals surface area (Å²) in [7, 11) is 0. The normalized spacial score (nSPS) is 17.3. The highest BCUT2D eigenvalue weighted by molar-refractivity contribution is 7.14. The van der Waals surface area contributed by atoms with Gasteiger partial charge in [-0.05, 0) is 44.1 Å². The number of carbonyl (C=O) groups is 2. The van der Waals surface area contributed by atoms with Crippen LogP contribution in [0.15, 0.2) is 29.6 Å². The van der Waals surface area contributed by atoms with Crippen molar-refractivity contribution in [3.63, 3.8) is 0 Å². The van der Waals surface area contributed by atoms with Crippen LogP contribution in [-0.4, -0.2) is 34.8 Å². The molecule has 0 unspecified atom stereocenters. The second-order valence-electron chi connectivity index (χ2n) is 8.20. The number of amides is 2. The Morgan fingerprint density at radius 3 is 2.48 bits per heavy atom. The van der Waals surface area contributed by atoms with E-state index in [0.717, 1.165) is 43.4 Å². The molecule has 1 aliphatic heterocycles. The number of aryl methyl sites for hydroxylation is 1. The predicted molar refractivity (Wildman–Crippen MR) is 117 cm³/mol. The number of likely N-dealkylation sites (tertiary alicyclic amines) is 1. The highest BCUT2D eigenvalue weighted by Gasteiger charge is 2.36. The maximum Gasteiger partial charge on any atom is 0.229 e. The molecule has 5 nitrogen and oxygen atoms in total. The van der Waals surface area contributed by atoms with Crippen molar-refractivity contribution in [3.8, 4) is 11.3 Å². The van der Waals surface area contributed by atoms with E-state index >= 15 is 0 Å². The zero-order chi connectivity index (χ0) is 20.2. The maximum absolute atomic E-state index is 12.6. The Kier molecular flexibility index (Phi) is 6.28. The van der Waals surface area contributed by atoms with E-state index in [0.29, 0.717) is 18.2 Å². The molecular weight excluding hydrogens is 382 g/mol. The number of benzene rings is 1. The van der Waals surface area contributed by atoms with Gasteiger partial charge in [0.05, 0.1) is 5.69 Å². The third kappa shape index (κ3) is 5.04. The number of anilines is 1. The number of unbranched alkanes of at least 4 members (excludes halogenated alkanes) is 1. The summed E-state index contributed by atoms with van der Waals surface area (Å²) in [5.41, 5.74) is 3.33. The van der Waals surface area contributed by atoms with Crippen molar-refractivity contribution in [2.75, 3.05) is 18.4 Å². The zero-order valence-corrected chi connectivity index (χ0v) is 17.8. The smallest absolute Gasteiger partial charge is 0.229 e. The van der Waals surface area contributed by atoms with Crippen molar-refractivity contribution < 1.29 is 9.59 Å². The summed E-state index contributed by atoms with van der Waals surface area (Å²) >= 11 is 1.46. The fraction of sp³-hybridized carbons (Fsp3) is 0.522. The van der Waals surface area contributed by atoms with Crippen molar-refractivity contribution >= 4 is 28.3 Å². The van der Waals surface area contributed by atoms with Crippen LogP contribution >= 0.6 is 11.3 Å². The third-order valence-corrected chi connectivity index (χ3v) is 6.66. The number of hydrogen-bond donors (Lipinski definition) is 1. The molecule has 1 N–H and O–H groups in total. The molecule has 0 radical (unpaired) electrons. The highest BCUT2D eigenvalue weighted by Crippen LogP contribution is 2.33. The first kappa shape index (κ1) is 20.1. The zero-order valence-electron chi connectivity index (χ0n) is 17.0. The van der Waals surface area contributed by atoms with Crippen molar-refractivity contribution in [2.45, 2.75) is 51.9 Å². The van der Waals surface area contributed by atoms with Crippen LogP contribution in [0.4, 0.5) is 5.13 Å². The Labute approximate surface area is 176 Å². The van der Waals surface area contributed by atoms with Gasteiger partial charge in [-0.2, -0.15) is 0 Å². The van der Waals surface area contributed by atoms with Crippen molar-refractivity contribution in [2.24, 2.45) is 11.8 Å². The number of aromatic nitrogens is 1. The molecule has 2 aromatic rings. The van der Waals surface area contributed by atoms with E-state index in [1.54, 1.807) is 0 Å². The van der Waals surface area contributed by atoms with Gasteiger partial charge in [-0.25, -0.2) is 4.98 Å². The molecule has 29 heavy (non-hydrogen) atoms. The average Bonchev–Trinajstić information content (AvgIpc) is 3.51. The molecule has 0 spiro atoms. The van der Waals surface area contributed by atoms with Crippen LogP contribution in [0.25, 0.3) is 11.3 Å². The van der Waals surface area contributed by atoms with Crippen LogP contribution in [0.3, 0.4) is 0 Å². The number of carbonyl (C=O) groups excluding carboxylic acids is 2. The van der Waals surface area contributed by atoms with Gasteiger partial charge in [0.15, 0.2) is 5.13 Å². The van der Waals surface area contributed by atoms with Crippen molar-refractivity contribution in [1.82, 2.24) is 9.88 Å². The monoisotopic (exact) mass is 411 g/mol. The van der Waals surface area contributed by atoms with Crippen molar-refractivity contribution in [1.29, 1.82) is 0 Å². The summed E-state index contributed by atoms with van der Waals surface area (Å²) in [5, 5.41) is 5.63. The third-order valence-electron chi connectivity index (χ3n) is 5.91. The molecule has 1 aliphatic carbocycles. The molecule has 0 bridgehead atoms. The van der Waals surface area contributed by atoms with Gasteiger partial charge < -0.3 is 10.2 Å². The number of rotatable bonds is 7. The average molecular weight is 412 g/mol. The Morgan fingerprint density at radius 2 is 1.83 bits per heavy atom. The number of nitrogens with zero attached hydrogens (tertiary/aromatic N) is 2. The Balaban J connectivity index is 1.29. The van der Waals surface area contributed by atoms with Crippen LogP contribution in [-0.2, 0) is 16.0 Å². The highest BCUT2D eigenvalue weighted by atomic mass is 32.1. The molecular formula is C23H29N3O2S. The second kappa shape index (κ2) is 9.08. The summed E-state index contributed by atoms with van der Waals surface area (Å²) < 4.78 is 0. The van der Waals surface area contributed by atoms with Gasteiger partial charge in [-0.1, -0.05) is 37.6 Å². The Hall–Kier alpha value is -2.21. The minimum absolute atomic E-state index is 0.0272. The molecule has 0 atom stereocenters. The summed E-state index contributed by atoms with van der Waals surface area (Å²) in [5.74, 6) is 0.534. The van der Waals surface area contributed by atoms with Gasteiger partial charge in [0.25, 0.3) is 0 Å². The fourth-order valence-corrected chi connectivity index (χ4v) is 4.57. The van der Waals surface area contributed by atoms with E-state index in [1.165, 1.54) is 29.7 Å². The van der Waals surface area contributed by atoms with Crippen LogP contribution in [0.1, 0.15) is 51.0 Å². The van der Waals surface area contributed by atoms with E-state index < -0.39 is 0 Å². The number of thiazole rings is 1. The quantitative estimate of drug-likeness (QED) is 0.716.